The molecule has 1 heterocycles. The number of methoxy groups -OCH3 is 1. The largest absolute Gasteiger partial charge is 0.497 e. The van der Waals surface area contributed by atoms with Crippen molar-refractivity contribution in [2.24, 2.45) is 0 Å². The molecule has 1 N–H and O–H groups in total. The van der Waals surface area contributed by atoms with Crippen LogP contribution in [-0.4, -0.2) is 13.0 Å². The van der Waals surface area contributed by atoms with E-state index in [0.717, 1.165) is 22.7 Å². The maximum Gasteiger partial charge on any atom is 0.260 e. The van der Waals surface area contributed by atoms with E-state index in [1.807, 2.05) is 60.7 Å². The van der Waals surface area contributed by atoms with E-state index < -0.39 is 0 Å². The van der Waals surface area contributed by atoms with Crippen LogP contribution in [0.1, 0.15) is 22.1 Å². The molecule has 26 heavy (non-hydrogen) atoms. The first kappa shape index (κ1) is 16.5. The van der Waals surface area contributed by atoms with Crippen molar-refractivity contribution in [3.63, 3.8) is 0 Å². The quantitative estimate of drug-likeness (QED) is 0.698. The fraction of sp³-hybridized carbons (Fsp3) is 0.0952. The fourth-order valence-electron chi connectivity index (χ4n) is 3.20. The van der Waals surface area contributed by atoms with Gasteiger partial charge in [-0.15, -0.1) is 0 Å². The number of nitrogens with one attached hydrogen (secondary N) is 1. The van der Waals surface area contributed by atoms with Crippen LogP contribution in [0, 0.1) is 0 Å². The number of halogens is 1. The van der Waals surface area contributed by atoms with Crippen molar-refractivity contribution in [2.45, 2.75) is 6.17 Å². The van der Waals surface area contributed by atoms with Gasteiger partial charge in [-0.2, -0.15) is 0 Å². The van der Waals surface area contributed by atoms with Crippen LogP contribution in [0.3, 0.4) is 0 Å². The third kappa shape index (κ3) is 2.89. The van der Waals surface area contributed by atoms with Crippen molar-refractivity contribution in [2.75, 3.05) is 17.3 Å². The highest BCUT2D eigenvalue weighted by atomic mass is 35.5. The lowest BCUT2D eigenvalue weighted by molar-refractivity contribution is 0.0993. The van der Waals surface area contributed by atoms with Crippen molar-refractivity contribution in [3.8, 4) is 5.75 Å². The van der Waals surface area contributed by atoms with Gasteiger partial charge in [-0.1, -0.05) is 35.9 Å². The molecule has 1 amide bonds. The van der Waals surface area contributed by atoms with Crippen LogP contribution in [0.2, 0.25) is 5.02 Å². The second-order valence-electron chi connectivity index (χ2n) is 6.02. The monoisotopic (exact) mass is 364 g/mol. The number of anilines is 2. The Kier molecular flexibility index (Phi) is 4.27. The van der Waals surface area contributed by atoms with E-state index >= 15 is 0 Å². The minimum Gasteiger partial charge on any atom is -0.497 e. The number of carbonyl (C=O) groups is 1. The summed E-state index contributed by atoms with van der Waals surface area (Å²) in [6.45, 7) is 0. The molecular weight excluding hydrogens is 348 g/mol. The van der Waals surface area contributed by atoms with Crippen LogP contribution in [0.4, 0.5) is 11.4 Å². The molecule has 3 aromatic rings. The molecular formula is C21H17ClN2O2. The number of fused-ring (bicyclic) bond motifs is 1. The van der Waals surface area contributed by atoms with Gasteiger partial charge in [-0.05, 0) is 42.5 Å². The molecule has 0 spiro atoms. The molecule has 0 saturated carbocycles. The van der Waals surface area contributed by atoms with Gasteiger partial charge in [-0.3, -0.25) is 9.69 Å². The van der Waals surface area contributed by atoms with E-state index in [2.05, 4.69) is 5.32 Å². The summed E-state index contributed by atoms with van der Waals surface area (Å²) in [7, 11) is 1.63. The fourth-order valence-corrected chi connectivity index (χ4v) is 3.32. The van der Waals surface area contributed by atoms with Gasteiger partial charge in [-0.25, -0.2) is 0 Å². The maximum atomic E-state index is 13.0. The van der Waals surface area contributed by atoms with Gasteiger partial charge in [0.2, 0.25) is 0 Å². The molecule has 0 unspecified atom stereocenters. The molecule has 130 valence electrons. The lowest BCUT2D eigenvalue weighted by Gasteiger charge is -2.27. The van der Waals surface area contributed by atoms with Crippen LogP contribution in [-0.2, 0) is 0 Å². The minimum atomic E-state index is -0.313. The Morgan fingerprint density at radius 2 is 1.77 bits per heavy atom. The summed E-state index contributed by atoms with van der Waals surface area (Å²) in [4.78, 5) is 14.8. The molecule has 0 aliphatic carbocycles. The third-order valence-electron chi connectivity index (χ3n) is 4.44. The van der Waals surface area contributed by atoms with Crippen molar-refractivity contribution in [1.29, 1.82) is 0 Å². The number of nitrogens with zero attached hydrogens (tertiary/aromatic N) is 1. The molecule has 0 fully saturated rings. The lowest BCUT2D eigenvalue weighted by atomic mass is 10.1. The second kappa shape index (κ2) is 6.73. The molecule has 5 heteroatoms. The lowest BCUT2D eigenvalue weighted by Crippen LogP contribution is -2.32. The number of amides is 1. The SMILES string of the molecule is COc1cccc(N[C@H]2c3ccccc3C(=O)N2c2ccc(Cl)cc2)c1. The van der Waals surface area contributed by atoms with E-state index in [0.29, 0.717) is 10.6 Å². The Labute approximate surface area is 157 Å². The van der Waals surface area contributed by atoms with E-state index in [9.17, 15) is 4.79 Å². The Hall–Kier alpha value is -2.98. The van der Waals surface area contributed by atoms with Crippen LogP contribution in [0.25, 0.3) is 0 Å². The summed E-state index contributed by atoms with van der Waals surface area (Å²) in [6, 6.07) is 22.6. The normalized spacial score (nSPS) is 15.7. The van der Waals surface area contributed by atoms with Gasteiger partial charge in [0, 0.05) is 33.6 Å². The number of ether oxygens (including phenoxy) is 1. The molecule has 1 aliphatic rings. The smallest absolute Gasteiger partial charge is 0.260 e. The van der Waals surface area contributed by atoms with Crippen molar-refractivity contribution < 1.29 is 9.53 Å². The van der Waals surface area contributed by atoms with Crippen LogP contribution in [0.15, 0.2) is 72.8 Å². The molecule has 1 atom stereocenters. The van der Waals surface area contributed by atoms with Gasteiger partial charge in [0.15, 0.2) is 0 Å². The summed E-state index contributed by atoms with van der Waals surface area (Å²) in [5.74, 6) is 0.717. The summed E-state index contributed by atoms with van der Waals surface area (Å²) in [6.07, 6.45) is -0.313. The standard InChI is InChI=1S/C21H17ClN2O2/c1-26-17-6-4-5-15(13-17)23-20-18-7-2-3-8-19(18)21(25)24(20)16-11-9-14(22)10-12-16/h2-13,20,23H,1H3/t20-/m1/s1. The average molecular weight is 365 g/mol. The van der Waals surface area contributed by atoms with Gasteiger partial charge in [0.1, 0.15) is 11.9 Å². The zero-order valence-electron chi connectivity index (χ0n) is 14.1. The van der Waals surface area contributed by atoms with Crippen LogP contribution < -0.4 is 15.0 Å². The Morgan fingerprint density at radius 1 is 1.00 bits per heavy atom. The van der Waals surface area contributed by atoms with Gasteiger partial charge < -0.3 is 10.1 Å². The Balaban J connectivity index is 1.76. The Bertz CT molecular complexity index is 956. The molecule has 0 radical (unpaired) electrons. The highest BCUT2D eigenvalue weighted by Crippen LogP contribution is 2.38. The molecule has 4 rings (SSSR count). The van der Waals surface area contributed by atoms with Gasteiger partial charge in [0.25, 0.3) is 5.91 Å². The van der Waals surface area contributed by atoms with E-state index in [4.69, 9.17) is 16.3 Å². The van der Waals surface area contributed by atoms with Crippen molar-refractivity contribution >= 4 is 28.9 Å². The molecule has 0 aromatic heterocycles. The first-order valence-corrected chi connectivity index (χ1v) is 8.64. The summed E-state index contributed by atoms with van der Waals surface area (Å²) < 4.78 is 5.30. The van der Waals surface area contributed by atoms with Crippen molar-refractivity contribution in [1.82, 2.24) is 0 Å². The van der Waals surface area contributed by atoms with Gasteiger partial charge in [0.05, 0.1) is 7.11 Å². The van der Waals surface area contributed by atoms with Gasteiger partial charge >= 0.3 is 0 Å². The first-order chi connectivity index (χ1) is 12.7. The molecule has 3 aromatic carbocycles. The number of rotatable bonds is 4. The predicted octanol–water partition coefficient (Wildman–Crippen LogP) is 5.12. The van der Waals surface area contributed by atoms with Crippen molar-refractivity contribution in [3.05, 3.63) is 88.9 Å². The summed E-state index contributed by atoms with van der Waals surface area (Å²) in [5.41, 5.74) is 3.30. The highest BCUT2D eigenvalue weighted by Gasteiger charge is 2.37. The second-order valence-corrected chi connectivity index (χ2v) is 6.45. The number of hydrogen-bond acceptors (Lipinski definition) is 3. The molecule has 1 aliphatic heterocycles. The molecule has 0 saturated heterocycles. The molecule has 4 nitrogen and oxygen atoms in total. The summed E-state index contributed by atoms with van der Waals surface area (Å²) in [5, 5.41) is 4.09. The molecule has 0 bridgehead atoms. The predicted molar refractivity (Wildman–Crippen MR) is 104 cm³/mol. The first-order valence-electron chi connectivity index (χ1n) is 8.26. The Morgan fingerprint density at radius 3 is 2.54 bits per heavy atom. The number of hydrogen-bond donors (Lipinski definition) is 1. The van der Waals surface area contributed by atoms with E-state index in [1.54, 1.807) is 24.1 Å². The van der Waals surface area contributed by atoms with E-state index in [-0.39, 0.29) is 12.1 Å². The van der Waals surface area contributed by atoms with Crippen LogP contribution >= 0.6 is 11.6 Å². The topological polar surface area (TPSA) is 41.6 Å². The number of carbonyl (C=O) groups excluding carboxylic acids is 1. The summed E-state index contributed by atoms with van der Waals surface area (Å²) >= 11 is 6.01. The maximum absolute atomic E-state index is 13.0. The minimum absolute atomic E-state index is 0.0386. The zero-order valence-corrected chi connectivity index (χ0v) is 14.9. The zero-order chi connectivity index (χ0) is 18.1. The van der Waals surface area contributed by atoms with Crippen LogP contribution in [0.5, 0.6) is 5.75 Å². The average Bonchev–Trinajstić information content (AvgIpc) is 2.95. The highest BCUT2D eigenvalue weighted by molar-refractivity contribution is 6.30. The number of benzene rings is 3. The third-order valence-corrected chi connectivity index (χ3v) is 4.69. The van der Waals surface area contributed by atoms with E-state index in [1.165, 1.54) is 0 Å².